The maximum atomic E-state index is 10.7. The Bertz CT molecular complexity index is 617. The van der Waals surface area contributed by atoms with Crippen LogP contribution in [0.4, 0.5) is 5.69 Å². The van der Waals surface area contributed by atoms with E-state index in [0.717, 1.165) is 6.42 Å². The number of benzene rings is 1. The molecule has 0 amide bonds. The van der Waals surface area contributed by atoms with Gasteiger partial charge >= 0.3 is 0 Å². The van der Waals surface area contributed by atoms with E-state index in [9.17, 15) is 10.1 Å². The Morgan fingerprint density at radius 3 is 2.89 bits per heavy atom. The Kier molecular flexibility index (Phi) is 4.11. The first-order valence-electron chi connectivity index (χ1n) is 5.54. The van der Waals surface area contributed by atoms with Gasteiger partial charge in [0, 0.05) is 23.4 Å². The molecule has 1 heterocycles. The van der Waals surface area contributed by atoms with Crippen LogP contribution in [-0.2, 0) is 6.42 Å². The van der Waals surface area contributed by atoms with Crippen molar-refractivity contribution in [3.63, 3.8) is 0 Å². The maximum absolute atomic E-state index is 10.7. The molecule has 5 nitrogen and oxygen atoms in total. The second-order valence-electron chi connectivity index (χ2n) is 3.73. The van der Waals surface area contributed by atoms with Crippen LogP contribution in [0, 0.1) is 21.4 Å². The highest BCUT2D eigenvalue weighted by Gasteiger charge is 2.14. The molecule has 96 valence electrons. The van der Waals surface area contributed by atoms with Crippen molar-refractivity contribution in [2.75, 3.05) is 6.61 Å². The largest absolute Gasteiger partial charge is 0.493 e. The molecule has 2 rings (SSSR count). The van der Waals surface area contributed by atoms with Crippen molar-refractivity contribution in [1.82, 2.24) is 0 Å². The number of nitriles is 1. The Balaban J connectivity index is 2.01. The lowest BCUT2D eigenvalue weighted by atomic mass is 10.2. The SMILES string of the molecule is N#Cc1cc(OCCc2cccs2)ccc1[N+](=O)[O-]. The third kappa shape index (κ3) is 3.30. The van der Waals surface area contributed by atoms with Crippen LogP contribution in [0.3, 0.4) is 0 Å². The molecule has 0 radical (unpaired) electrons. The average Bonchev–Trinajstić information content (AvgIpc) is 2.91. The summed E-state index contributed by atoms with van der Waals surface area (Å²) in [6, 6.07) is 9.99. The van der Waals surface area contributed by atoms with Crippen LogP contribution in [-0.4, -0.2) is 11.5 Å². The number of ether oxygens (including phenoxy) is 1. The molecule has 6 heteroatoms. The van der Waals surface area contributed by atoms with Crippen LogP contribution in [0.15, 0.2) is 35.7 Å². The molecule has 0 aliphatic carbocycles. The summed E-state index contributed by atoms with van der Waals surface area (Å²) in [4.78, 5) is 11.3. The van der Waals surface area contributed by atoms with E-state index in [-0.39, 0.29) is 11.3 Å². The minimum atomic E-state index is -0.575. The third-order valence-corrected chi connectivity index (χ3v) is 3.42. The summed E-state index contributed by atoms with van der Waals surface area (Å²) in [5.41, 5.74) is -0.188. The first-order chi connectivity index (χ1) is 9.20. The lowest BCUT2D eigenvalue weighted by Crippen LogP contribution is -2.01. The molecule has 0 N–H and O–H groups in total. The van der Waals surface area contributed by atoms with Gasteiger partial charge < -0.3 is 4.74 Å². The molecule has 0 aliphatic heterocycles. The summed E-state index contributed by atoms with van der Waals surface area (Å²) in [5.74, 6) is 0.471. The van der Waals surface area contributed by atoms with Crippen molar-refractivity contribution in [3.05, 3.63) is 56.3 Å². The monoisotopic (exact) mass is 274 g/mol. The van der Waals surface area contributed by atoms with E-state index in [1.165, 1.54) is 23.1 Å². The van der Waals surface area contributed by atoms with E-state index < -0.39 is 4.92 Å². The van der Waals surface area contributed by atoms with Crippen LogP contribution in [0.2, 0.25) is 0 Å². The van der Waals surface area contributed by atoms with Crippen LogP contribution in [0.1, 0.15) is 10.4 Å². The van der Waals surface area contributed by atoms with Crippen molar-refractivity contribution >= 4 is 17.0 Å². The minimum Gasteiger partial charge on any atom is -0.493 e. The van der Waals surface area contributed by atoms with Gasteiger partial charge in [0.15, 0.2) is 0 Å². The van der Waals surface area contributed by atoms with Gasteiger partial charge in [-0.25, -0.2) is 0 Å². The van der Waals surface area contributed by atoms with Crippen molar-refractivity contribution < 1.29 is 9.66 Å². The number of nitro groups is 1. The Morgan fingerprint density at radius 2 is 2.26 bits per heavy atom. The average molecular weight is 274 g/mol. The zero-order valence-corrected chi connectivity index (χ0v) is 10.7. The van der Waals surface area contributed by atoms with Gasteiger partial charge in [0.25, 0.3) is 5.69 Å². The highest BCUT2D eigenvalue weighted by atomic mass is 32.1. The summed E-state index contributed by atoms with van der Waals surface area (Å²) >= 11 is 1.65. The molecule has 1 aromatic heterocycles. The molecule has 0 bridgehead atoms. The van der Waals surface area contributed by atoms with Crippen LogP contribution < -0.4 is 4.74 Å². The molecule has 0 atom stereocenters. The second-order valence-corrected chi connectivity index (χ2v) is 4.76. The fraction of sp³-hybridized carbons (Fsp3) is 0.154. The topological polar surface area (TPSA) is 76.2 Å². The van der Waals surface area contributed by atoms with Crippen LogP contribution in [0.5, 0.6) is 5.75 Å². The van der Waals surface area contributed by atoms with Gasteiger partial charge in [-0.2, -0.15) is 5.26 Å². The fourth-order valence-electron chi connectivity index (χ4n) is 1.58. The van der Waals surface area contributed by atoms with Gasteiger partial charge in [0.05, 0.1) is 11.5 Å². The summed E-state index contributed by atoms with van der Waals surface area (Å²) < 4.78 is 5.49. The summed E-state index contributed by atoms with van der Waals surface area (Å²) in [6.45, 7) is 0.475. The van der Waals surface area contributed by atoms with Crippen molar-refractivity contribution in [2.24, 2.45) is 0 Å². The van der Waals surface area contributed by atoms with E-state index >= 15 is 0 Å². The minimum absolute atomic E-state index is 0.0126. The van der Waals surface area contributed by atoms with Crippen molar-refractivity contribution in [1.29, 1.82) is 5.26 Å². The third-order valence-electron chi connectivity index (χ3n) is 2.48. The number of nitro benzene ring substituents is 1. The molecular weight excluding hydrogens is 264 g/mol. The molecule has 0 aliphatic rings. The smallest absolute Gasteiger partial charge is 0.287 e. The Labute approximate surface area is 113 Å². The number of thiophene rings is 1. The predicted molar refractivity (Wildman–Crippen MR) is 71.3 cm³/mol. The second kappa shape index (κ2) is 5.98. The van der Waals surface area contributed by atoms with Gasteiger partial charge in [-0.15, -0.1) is 11.3 Å². The number of rotatable bonds is 5. The van der Waals surface area contributed by atoms with Gasteiger partial charge in [-0.3, -0.25) is 10.1 Å². The van der Waals surface area contributed by atoms with Crippen molar-refractivity contribution in [2.45, 2.75) is 6.42 Å². The quantitative estimate of drug-likeness (QED) is 0.620. The van der Waals surface area contributed by atoms with Crippen LogP contribution >= 0.6 is 11.3 Å². The highest BCUT2D eigenvalue weighted by Crippen LogP contribution is 2.23. The molecule has 0 fully saturated rings. The first-order valence-corrected chi connectivity index (χ1v) is 6.42. The Hall–Kier alpha value is -2.39. The number of hydrogen-bond acceptors (Lipinski definition) is 5. The van der Waals surface area contributed by atoms with Gasteiger partial charge in [-0.05, 0) is 17.5 Å². The normalized spacial score (nSPS) is 9.84. The van der Waals surface area contributed by atoms with Crippen LogP contribution in [0.25, 0.3) is 0 Å². The molecule has 19 heavy (non-hydrogen) atoms. The lowest BCUT2D eigenvalue weighted by molar-refractivity contribution is -0.385. The molecule has 0 saturated heterocycles. The van der Waals surface area contributed by atoms with E-state index in [1.807, 2.05) is 17.5 Å². The van der Waals surface area contributed by atoms with Crippen molar-refractivity contribution in [3.8, 4) is 11.8 Å². The molecular formula is C13H10N2O3S. The molecule has 2 aromatic rings. The van der Waals surface area contributed by atoms with Gasteiger partial charge in [0.1, 0.15) is 17.4 Å². The highest BCUT2D eigenvalue weighted by molar-refractivity contribution is 7.09. The van der Waals surface area contributed by atoms with E-state index in [1.54, 1.807) is 17.4 Å². The number of nitrogens with zero attached hydrogens (tertiary/aromatic N) is 2. The van der Waals surface area contributed by atoms with Gasteiger partial charge in [-0.1, -0.05) is 6.07 Å². The number of hydrogen-bond donors (Lipinski definition) is 0. The van der Waals surface area contributed by atoms with Gasteiger partial charge in [0.2, 0.25) is 0 Å². The Morgan fingerprint density at radius 1 is 1.42 bits per heavy atom. The summed E-state index contributed by atoms with van der Waals surface area (Å²) in [7, 11) is 0. The van der Waals surface area contributed by atoms with E-state index in [2.05, 4.69) is 0 Å². The predicted octanol–water partition coefficient (Wildman–Crippen LogP) is 3.15. The molecule has 0 saturated carbocycles. The van der Waals surface area contributed by atoms with E-state index in [4.69, 9.17) is 10.00 Å². The summed E-state index contributed by atoms with van der Waals surface area (Å²) in [5, 5.41) is 21.5. The molecule has 0 spiro atoms. The first kappa shape index (κ1) is 13.1. The molecule has 0 unspecified atom stereocenters. The zero-order chi connectivity index (χ0) is 13.7. The lowest BCUT2D eigenvalue weighted by Gasteiger charge is -2.05. The zero-order valence-electron chi connectivity index (χ0n) is 9.91. The molecule has 1 aromatic carbocycles. The maximum Gasteiger partial charge on any atom is 0.287 e. The van der Waals surface area contributed by atoms with E-state index in [0.29, 0.717) is 12.4 Å². The fourth-order valence-corrected chi connectivity index (χ4v) is 2.27. The standard InChI is InChI=1S/C13H10N2O3S/c14-9-10-8-11(3-4-13(10)15(16)17)18-6-5-12-2-1-7-19-12/h1-4,7-8H,5-6H2. The summed E-state index contributed by atoms with van der Waals surface area (Å²) in [6.07, 6.45) is 0.774.